The van der Waals surface area contributed by atoms with Crippen LogP contribution in [0.15, 0.2) is 40.0 Å². The van der Waals surface area contributed by atoms with Gasteiger partial charge in [0, 0.05) is 18.9 Å². The minimum absolute atomic E-state index is 0.0216. The Morgan fingerprint density at radius 3 is 2.58 bits per heavy atom. The molecule has 1 amide bonds. The highest BCUT2D eigenvalue weighted by atomic mass is 32.2. The van der Waals surface area contributed by atoms with Crippen LogP contribution in [0.2, 0.25) is 0 Å². The van der Waals surface area contributed by atoms with Crippen molar-refractivity contribution in [3.05, 3.63) is 41.8 Å². The number of hydrogen-bond acceptors (Lipinski definition) is 6. The van der Waals surface area contributed by atoms with E-state index in [0.29, 0.717) is 24.9 Å². The zero-order chi connectivity index (χ0) is 17.6. The fourth-order valence-electron chi connectivity index (χ4n) is 1.98. The Kier molecular flexibility index (Phi) is 6.08. The van der Waals surface area contributed by atoms with Crippen molar-refractivity contribution in [3.63, 3.8) is 0 Å². The molecule has 0 saturated carbocycles. The largest absolute Gasteiger partial charge is 0.413 e. The second kappa shape index (κ2) is 8.05. The molecule has 0 aliphatic heterocycles. The van der Waals surface area contributed by atoms with Crippen molar-refractivity contribution in [1.82, 2.24) is 15.5 Å². The molecule has 130 valence electrons. The molecule has 7 nitrogen and oxygen atoms in total. The van der Waals surface area contributed by atoms with Gasteiger partial charge in [-0.3, -0.25) is 4.79 Å². The van der Waals surface area contributed by atoms with Crippen LogP contribution in [0.1, 0.15) is 31.7 Å². The summed E-state index contributed by atoms with van der Waals surface area (Å²) in [4.78, 5) is 11.4. The van der Waals surface area contributed by atoms with E-state index in [1.54, 1.807) is 24.3 Å². The van der Waals surface area contributed by atoms with Crippen LogP contribution in [0.4, 0.5) is 0 Å². The monoisotopic (exact) mass is 351 g/mol. The molecule has 0 aliphatic rings. The van der Waals surface area contributed by atoms with Gasteiger partial charge >= 0.3 is 5.22 Å². The zero-order valence-corrected chi connectivity index (χ0v) is 14.5. The lowest BCUT2D eigenvalue weighted by molar-refractivity contribution is -0.123. The second-order valence-electron chi connectivity index (χ2n) is 5.76. The van der Waals surface area contributed by atoms with Gasteiger partial charge in [-0.15, -0.1) is 5.10 Å². The van der Waals surface area contributed by atoms with Crippen LogP contribution in [0.25, 0.3) is 0 Å². The number of nitrogens with zero attached hydrogens (tertiary/aromatic N) is 2. The van der Waals surface area contributed by atoms with Gasteiger partial charge in [-0.2, -0.15) is 0 Å². The summed E-state index contributed by atoms with van der Waals surface area (Å²) in [6.07, 6.45) is 1.01. The summed E-state index contributed by atoms with van der Waals surface area (Å²) in [5.74, 6) is -0.0184. The average Bonchev–Trinajstić information content (AvgIpc) is 3.01. The van der Waals surface area contributed by atoms with Crippen molar-refractivity contribution in [2.24, 2.45) is 5.92 Å². The van der Waals surface area contributed by atoms with Gasteiger partial charge in [0.25, 0.3) is 0 Å². The Balaban J connectivity index is 1.89. The van der Waals surface area contributed by atoms with Crippen molar-refractivity contribution in [2.75, 3.05) is 6.54 Å². The van der Waals surface area contributed by atoms with Crippen LogP contribution in [-0.4, -0.2) is 31.1 Å². The molecule has 0 atom stereocenters. The van der Waals surface area contributed by atoms with Gasteiger partial charge in [0.1, 0.15) is 0 Å². The molecule has 0 saturated heterocycles. The van der Waals surface area contributed by atoms with Gasteiger partial charge < -0.3 is 9.73 Å². The lowest BCUT2D eigenvalue weighted by Gasteiger charge is -2.05. The van der Waals surface area contributed by atoms with Crippen LogP contribution >= 0.6 is 0 Å². The molecule has 0 spiro atoms. The van der Waals surface area contributed by atoms with E-state index in [9.17, 15) is 13.2 Å². The molecule has 0 aliphatic carbocycles. The number of aromatic nitrogens is 2. The van der Waals surface area contributed by atoms with E-state index in [2.05, 4.69) is 15.5 Å². The Labute approximate surface area is 141 Å². The predicted octanol–water partition coefficient (Wildman–Crippen LogP) is 1.75. The molecule has 2 aromatic rings. The third-order valence-corrected chi connectivity index (χ3v) is 4.72. The first-order valence-corrected chi connectivity index (χ1v) is 9.40. The van der Waals surface area contributed by atoms with Crippen molar-refractivity contribution in [2.45, 2.75) is 37.7 Å². The van der Waals surface area contributed by atoms with Gasteiger partial charge in [0.05, 0.1) is 5.75 Å². The summed E-state index contributed by atoms with van der Waals surface area (Å²) in [5.41, 5.74) is 0.661. The first kappa shape index (κ1) is 18.1. The number of hydrogen-bond donors (Lipinski definition) is 1. The molecule has 0 unspecified atom stereocenters. The van der Waals surface area contributed by atoms with Crippen LogP contribution in [0.3, 0.4) is 0 Å². The maximum Gasteiger partial charge on any atom is 0.335 e. The average molecular weight is 351 g/mol. The second-order valence-corrected chi connectivity index (χ2v) is 7.62. The number of carbonyl (C=O) groups excluding carboxylic acids is 1. The standard InChI is InChI=1S/C16H21N3O4S/c1-12(2)15(20)17-10-6-9-14-18-19-16(23-14)24(21,22)11-13-7-4-3-5-8-13/h3-5,7-8,12H,6,9-11H2,1-2H3,(H,17,20). The molecule has 1 aromatic heterocycles. The smallest absolute Gasteiger partial charge is 0.335 e. The fraction of sp³-hybridized carbons (Fsp3) is 0.438. The predicted molar refractivity (Wildman–Crippen MR) is 87.8 cm³/mol. The molecule has 0 radical (unpaired) electrons. The summed E-state index contributed by atoms with van der Waals surface area (Å²) in [5, 5.41) is 9.81. The minimum atomic E-state index is -3.66. The number of amides is 1. The van der Waals surface area contributed by atoms with Crippen molar-refractivity contribution in [1.29, 1.82) is 0 Å². The summed E-state index contributed by atoms with van der Waals surface area (Å²) >= 11 is 0. The molecule has 1 N–H and O–H groups in total. The van der Waals surface area contributed by atoms with Crippen LogP contribution in [-0.2, 0) is 26.8 Å². The molecular formula is C16H21N3O4S. The number of nitrogens with one attached hydrogen (secondary N) is 1. The highest BCUT2D eigenvalue weighted by molar-refractivity contribution is 7.90. The Bertz CT molecular complexity index is 770. The van der Waals surface area contributed by atoms with E-state index < -0.39 is 9.84 Å². The number of aryl methyl sites for hydroxylation is 1. The molecule has 0 bridgehead atoms. The summed E-state index contributed by atoms with van der Waals surface area (Å²) < 4.78 is 29.8. The molecule has 0 fully saturated rings. The lowest BCUT2D eigenvalue weighted by Crippen LogP contribution is -2.28. The summed E-state index contributed by atoms with van der Waals surface area (Å²) in [6.45, 7) is 4.11. The van der Waals surface area contributed by atoms with E-state index in [4.69, 9.17) is 4.42 Å². The third kappa shape index (κ3) is 5.16. The van der Waals surface area contributed by atoms with Gasteiger partial charge in [0.2, 0.25) is 21.6 Å². The van der Waals surface area contributed by atoms with Gasteiger partial charge in [0.15, 0.2) is 0 Å². The Morgan fingerprint density at radius 1 is 1.21 bits per heavy atom. The fourth-order valence-corrected chi connectivity index (χ4v) is 3.12. The van der Waals surface area contributed by atoms with Crippen molar-refractivity contribution < 1.29 is 17.6 Å². The highest BCUT2D eigenvalue weighted by Gasteiger charge is 2.22. The topological polar surface area (TPSA) is 102 Å². The molecular weight excluding hydrogens is 330 g/mol. The number of rotatable bonds is 8. The van der Waals surface area contributed by atoms with Gasteiger partial charge in [-0.1, -0.05) is 49.3 Å². The van der Waals surface area contributed by atoms with Crippen LogP contribution in [0.5, 0.6) is 0 Å². The van der Waals surface area contributed by atoms with Gasteiger partial charge in [-0.05, 0) is 12.0 Å². The van der Waals surface area contributed by atoms with Gasteiger partial charge in [-0.25, -0.2) is 8.42 Å². The van der Waals surface area contributed by atoms with Crippen molar-refractivity contribution >= 4 is 15.7 Å². The number of benzene rings is 1. The number of carbonyl (C=O) groups is 1. The minimum Gasteiger partial charge on any atom is -0.413 e. The molecule has 1 heterocycles. The lowest BCUT2D eigenvalue weighted by atomic mass is 10.2. The van der Waals surface area contributed by atoms with Crippen molar-refractivity contribution in [3.8, 4) is 0 Å². The Morgan fingerprint density at radius 2 is 1.92 bits per heavy atom. The first-order valence-electron chi connectivity index (χ1n) is 7.75. The van der Waals surface area contributed by atoms with E-state index in [-0.39, 0.29) is 28.7 Å². The summed E-state index contributed by atoms with van der Waals surface area (Å²) in [6, 6.07) is 8.82. The third-order valence-electron chi connectivity index (χ3n) is 3.30. The molecule has 8 heteroatoms. The van der Waals surface area contributed by atoms with Crippen LogP contribution < -0.4 is 5.32 Å². The van der Waals surface area contributed by atoms with E-state index in [0.717, 1.165) is 0 Å². The SMILES string of the molecule is CC(C)C(=O)NCCCc1nnc(S(=O)(=O)Cc2ccccc2)o1. The first-order chi connectivity index (χ1) is 11.4. The zero-order valence-electron chi connectivity index (χ0n) is 13.7. The van der Waals surface area contributed by atoms with E-state index >= 15 is 0 Å². The maximum atomic E-state index is 12.3. The molecule has 24 heavy (non-hydrogen) atoms. The van der Waals surface area contributed by atoms with E-state index in [1.807, 2.05) is 19.9 Å². The van der Waals surface area contributed by atoms with E-state index in [1.165, 1.54) is 0 Å². The molecule has 1 aromatic carbocycles. The quantitative estimate of drug-likeness (QED) is 0.727. The normalized spacial score (nSPS) is 11.6. The number of sulfone groups is 1. The molecule has 2 rings (SSSR count). The maximum absolute atomic E-state index is 12.3. The summed E-state index contributed by atoms with van der Waals surface area (Å²) in [7, 11) is -3.66. The highest BCUT2D eigenvalue weighted by Crippen LogP contribution is 2.15. The Hall–Kier alpha value is -2.22. The van der Waals surface area contributed by atoms with Crippen LogP contribution in [0, 0.1) is 5.92 Å².